The zero-order valence-electron chi connectivity index (χ0n) is 9.36. The minimum atomic E-state index is -0.193. The van der Waals surface area contributed by atoms with E-state index in [4.69, 9.17) is 10.5 Å². The summed E-state index contributed by atoms with van der Waals surface area (Å²) in [5, 5.41) is 0. The largest absolute Gasteiger partial charge is 0.381 e. The van der Waals surface area contributed by atoms with Crippen LogP contribution in [0.15, 0.2) is 24.3 Å². The van der Waals surface area contributed by atoms with Crippen LogP contribution < -0.4 is 5.73 Å². The summed E-state index contributed by atoms with van der Waals surface area (Å²) in [5.74, 6) is 0.414. The second kappa shape index (κ2) is 5.41. The van der Waals surface area contributed by atoms with E-state index in [0.717, 1.165) is 38.0 Å². The molecule has 0 amide bonds. The summed E-state index contributed by atoms with van der Waals surface area (Å²) in [4.78, 5) is 0. The molecule has 2 atom stereocenters. The van der Waals surface area contributed by atoms with Crippen molar-refractivity contribution in [2.45, 2.75) is 25.3 Å². The predicted octanol–water partition coefficient (Wildman–Crippen LogP) is 2.12. The monoisotopic (exact) mass is 223 g/mol. The van der Waals surface area contributed by atoms with Crippen molar-refractivity contribution in [3.8, 4) is 0 Å². The summed E-state index contributed by atoms with van der Waals surface area (Å²) in [6.07, 6.45) is 2.94. The van der Waals surface area contributed by atoms with Gasteiger partial charge in [0.2, 0.25) is 0 Å². The fraction of sp³-hybridized carbons (Fsp3) is 0.538. The van der Waals surface area contributed by atoms with Gasteiger partial charge in [0.15, 0.2) is 0 Å². The van der Waals surface area contributed by atoms with E-state index in [0.29, 0.717) is 5.92 Å². The van der Waals surface area contributed by atoms with E-state index in [9.17, 15) is 4.39 Å². The zero-order valence-corrected chi connectivity index (χ0v) is 9.36. The lowest BCUT2D eigenvalue weighted by Crippen LogP contribution is -2.26. The van der Waals surface area contributed by atoms with Gasteiger partial charge in [-0.25, -0.2) is 4.39 Å². The highest BCUT2D eigenvalue weighted by atomic mass is 19.1. The van der Waals surface area contributed by atoms with E-state index < -0.39 is 0 Å². The lowest BCUT2D eigenvalue weighted by molar-refractivity contribution is 0.182. The van der Waals surface area contributed by atoms with Gasteiger partial charge in [-0.2, -0.15) is 0 Å². The summed E-state index contributed by atoms with van der Waals surface area (Å²) in [6, 6.07) is 6.74. The Morgan fingerprint density at radius 3 is 2.75 bits per heavy atom. The molecule has 0 spiro atoms. The number of ether oxygens (including phenoxy) is 1. The molecule has 1 saturated heterocycles. The van der Waals surface area contributed by atoms with Crippen LogP contribution in [0.3, 0.4) is 0 Å². The van der Waals surface area contributed by atoms with Crippen molar-refractivity contribution in [3.05, 3.63) is 35.6 Å². The highest BCUT2D eigenvalue weighted by molar-refractivity contribution is 5.17. The fourth-order valence-electron chi connectivity index (χ4n) is 2.20. The van der Waals surface area contributed by atoms with Crippen LogP contribution in [-0.2, 0) is 11.2 Å². The lowest BCUT2D eigenvalue weighted by atomic mass is 9.95. The Hall–Kier alpha value is -0.930. The van der Waals surface area contributed by atoms with Gasteiger partial charge < -0.3 is 10.5 Å². The number of nitrogens with two attached hydrogens (primary N) is 1. The topological polar surface area (TPSA) is 35.2 Å². The van der Waals surface area contributed by atoms with Gasteiger partial charge in [0.05, 0.1) is 0 Å². The fourth-order valence-corrected chi connectivity index (χ4v) is 2.20. The Bertz CT molecular complexity index is 319. The summed E-state index contributed by atoms with van der Waals surface area (Å²) >= 11 is 0. The molecule has 0 bridgehead atoms. The van der Waals surface area contributed by atoms with Crippen LogP contribution in [0.25, 0.3) is 0 Å². The van der Waals surface area contributed by atoms with Crippen LogP contribution >= 0.6 is 0 Å². The molecule has 1 heterocycles. The number of hydrogen-bond acceptors (Lipinski definition) is 2. The van der Waals surface area contributed by atoms with E-state index in [2.05, 4.69) is 0 Å². The number of rotatable bonds is 4. The molecule has 88 valence electrons. The van der Waals surface area contributed by atoms with Gasteiger partial charge in [-0.15, -0.1) is 0 Å². The van der Waals surface area contributed by atoms with Crippen LogP contribution in [0.2, 0.25) is 0 Å². The molecule has 1 fully saturated rings. The summed E-state index contributed by atoms with van der Waals surface area (Å²) in [5.41, 5.74) is 7.18. The van der Waals surface area contributed by atoms with Gasteiger partial charge in [0.1, 0.15) is 5.82 Å². The molecule has 16 heavy (non-hydrogen) atoms. The second-order valence-electron chi connectivity index (χ2n) is 4.56. The Morgan fingerprint density at radius 1 is 1.38 bits per heavy atom. The van der Waals surface area contributed by atoms with Crippen molar-refractivity contribution in [1.29, 1.82) is 0 Å². The number of halogens is 1. The number of hydrogen-bond donors (Lipinski definition) is 1. The van der Waals surface area contributed by atoms with E-state index in [-0.39, 0.29) is 11.9 Å². The SMILES string of the molecule is NC(Cc1ccc(F)cc1)CC1CCOC1. The van der Waals surface area contributed by atoms with Gasteiger partial charge in [-0.1, -0.05) is 12.1 Å². The van der Waals surface area contributed by atoms with Crippen LogP contribution in [-0.4, -0.2) is 19.3 Å². The lowest BCUT2D eigenvalue weighted by Gasteiger charge is -2.15. The molecule has 2 rings (SSSR count). The molecule has 1 aliphatic rings. The quantitative estimate of drug-likeness (QED) is 0.848. The molecule has 1 aromatic carbocycles. The maximum absolute atomic E-state index is 12.7. The summed E-state index contributed by atoms with van der Waals surface area (Å²) in [6.45, 7) is 1.71. The molecule has 0 radical (unpaired) electrons. The van der Waals surface area contributed by atoms with E-state index in [1.54, 1.807) is 12.1 Å². The first-order chi connectivity index (χ1) is 7.74. The average molecular weight is 223 g/mol. The highest BCUT2D eigenvalue weighted by Crippen LogP contribution is 2.19. The van der Waals surface area contributed by atoms with E-state index in [1.165, 1.54) is 12.1 Å². The second-order valence-corrected chi connectivity index (χ2v) is 4.56. The Balaban J connectivity index is 1.81. The smallest absolute Gasteiger partial charge is 0.123 e. The van der Waals surface area contributed by atoms with Gasteiger partial charge in [0.25, 0.3) is 0 Å². The Morgan fingerprint density at radius 2 is 2.12 bits per heavy atom. The molecule has 1 aliphatic heterocycles. The van der Waals surface area contributed by atoms with Crippen molar-refractivity contribution in [2.24, 2.45) is 11.7 Å². The third kappa shape index (κ3) is 3.29. The molecule has 0 aromatic heterocycles. The number of benzene rings is 1. The van der Waals surface area contributed by atoms with Crippen molar-refractivity contribution >= 4 is 0 Å². The average Bonchev–Trinajstić information content (AvgIpc) is 2.74. The van der Waals surface area contributed by atoms with Gasteiger partial charge >= 0.3 is 0 Å². The van der Waals surface area contributed by atoms with E-state index in [1.807, 2.05) is 0 Å². The Kier molecular flexibility index (Phi) is 3.91. The first-order valence-electron chi connectivity index (χ1n) is 5.82. The predicted molar refractivity (Wildman–Crippen MR) is 61.6 cm³/mol. The third-order valence-corrected chi connectivity index (χ3v) is 3.07. The van der Waals surface area contributed by atoms with Crippen molar-refractivity contribution < 1.29 is 9.13 Å². The zero-order chi connectivity index (χ0) is 11.4. The molecule has 3 heteroatoms. The maximum atomic E-state index is 12.7. The van der Waals surface area contributed by atoms with Gasteiger partial charge in [-0.05, 0) is 42.9 Å². The normalized spacial score (nSPS) is 22.2. The molecular weight excluding hydrogens is 205 g/mol. The third-order valence-electron chi connectivity index (χ3n) is 3.07. The minimum Gasteiger partial charge on any atom is -0.381 e. The van der Waals surface area contributed by atoms with Crippen LogP contribution in [0.1, 0.15) is 18.4 Å². The standard InChI is InChI=1S/C13H18FNO/c14-12-3-1-10(2-4-12)7-13(15)8-11-5-6-16-9-11/h1-4,11,13H,5-9,15H2. The molecule has 2 N–H and O–H groups in total. The van der Waals surface area contributed by atoms with Crippen LogP contribution in [0.4, 0.5) is 4.39 Å². The Labute approximate surface area is 95.6 Å². The summed E-state index contributed by atoms with van der Waals surface area (Å²) in [7, 11) is 0. The summed E-state index contributed by atoms with van der Waals surface area (Å²) < 4.78 is 18.0. The molecular formula is C13H18FNO. The van der Waals surface area contributed by atoms with Crippen LogP contribution in [0.5, 0.6) is 0 Å². The first-order valence-corrected chi connectivity index (χ1v) is 5.82. The molecule has 2 nitrogen and oxygen atoms in total. The van der Waals surface area contributed by atoms with Gasteiger partial charge in [0, 0.05) is 19.3 Å². The minimum absolute atomic E-state index is 0.150. The van der Waals surface area contributed by atoms with Crippen LogP contribution in [0, 0.1) is 11.7 Å². The highest BCUT2D eigenvalue weighted by Gasteiger charge is 2.18. The molecule has 0 aliphatic carbocycles. The maximum Gasteiger partial charge on any atom is 0.123 e. The molecule has 1 aromatic rings. The van der Waals surface area contributed by atoms with Crippen molar-refractivity contribution in [2.75, 3.05) is 13.2 Å². The first kappa shape index (κ1) is 11.6. The van der Waals surface area contributed by atoms with Gasteiger partial charge in [-0.3, -0.25) is 0 Å². The molecule has 2 unspecified atom stereocenters. The van der Waals surface area contributed by atoms with Crippen molar-refractivity contribution in [3.63, 3.8) is 0 Å². The van der Waals surface area contributed by atoms with E-state index >= 15 is 0 Å². The van der Waals surface area contributed by atoms with Crippen molar-refractivity contribution in [1.82, 2.24) is 0 Å². The molecule has 0 saturated carbocycles.